The van der Waals surface area contributed by atoms with Crippen molar-refractivity contribution < 1.29 is 31.1 Å². The van der Waals surface area contributed by atoms with Gasteiger partial charge in [-0.3, -0.25) is 4.98 Å². The summed E-state index contributed by atoms with van der Waals surface area (Å²) in [4.78, 5) is 5.61. The molecule has 1 fully saturated rings. The first-order valence-electron chi connectivity index (χ1n) is 10.4. The topological polar surface area (TPSA) is 37.4 Å². The summed E-state index contributed by atoms with van der Waals surface area (Å²) in [6.45, 7) is 3.46. The number of aromatic nitrogens is 1. The summed E-state index contributed by atoms with van der Waals surface area (Å²) in [5, 5.41) is 3.16. The van der Waals surface area contributed by atoms with Gasteiger partial charge in [0.05, 0.1) is 24.2 Å². The minimum absolute atomic E-state index is 0.191. The van der Waals surface area contributed by atoms with Crippen LogP contribution < -0.4 is 10.2 Å². The minimum Gasteiger partial charge on any atom is -0.368 e. The van der Waals surface area contributed by atoms with E-state index < -0.39 is 30.3 Å². The number of hydrogen-bond acceptors (Lipinski definition) is 4. The minimum atomic E-state index is -5.77. The molecule has 4 nitrogen and oxygen atoms in total. The van der Waals surface area contributed by atoms with Crippen LogP contribution in [0.15, 0.2) is 42.6 Å². The van der Waals surface area contributed by atoms with E-state index in [9.17, 15) is 26.3 Å². The van der Waals surface area contributed by atoms with Crippen molar-refractivity contribution in [2.24, 2.45) is 0 Å². The summed E-state index contributed by atoms with van der Waals surface area (Å²) < 4.78 is 89.5. The third-order valence-electron chi connectivity index (χ3n) is 5.40. The number of anilines is 1. The molecule has 1 saturated heterocycles. The Balaban J connectivity index is 2.09. The van der Waals surface area contributed by atoms with Gasteiger partial charge in [0.2, 0.25) is 0 Å². The molecule has 3 rings (SSSR count). The van der Waals surface area contributed by atoms with Crippen LogP contribution in [0.2, 0.25) is 0 Å². The van der Waals surface area contributed by atoms with Crippen molar-refractivity contribution in [3.8, 4) is 0 Å². The highest BCUT2D eigenvalue weighted by atomic mass is 19.4. The molecule has 0 aliphatic carbocycles. The number of piperazine rings is 1. The van der Waals surface area contributed by atoms with Crippen LogP contribution in [0.4, 0.5) is 32.0 Å². The van der Waals surface area contributed by atoms with Gasteiger partial charge in [0, 0.05) is 26.2 Å². The molecule has 2 aromatic rings. The Morgan fingerprint density at radius 1 is 1.00 bits per heavy atom. The average Bonchev–Trinajstić information content (AvgIpc) is 2.74. The number of aryl methyl sites for hydroxylation is 1. The number of pyridine rings is 1. The molecule has 0 spiro atoms. The van der Waals surface area contributed by atoms with Crippen LogP contribution in [-0.4, -0.2) is 43.5 Å². The van der Waals surface area contributed by atoms with Gasteiger partial charge in [0.25, 0.3) is 0 Å². The smallest absolute Gasteiger partial charge is 0.368 e. The molecule has 0 amide bonds. The van der Waals surface area contributed by atoms with Gasteiger partial charge in [-0.2, -0.15) is 26.3 Å². The van der Waals surface area contributed by atoms with Crippen LogP contribution >= 0.6 is 0 Å². The quantitative estimate of drug-likeness (QED) is 0.591. The van der Waals surface area contributed by atoms with E-state index in [1.165, 1.54) is 24.3 Å². The van der Waals surface area contributed by atoms with E-state index in [-0.39, 0.29) is 5.56 Å². The fraction of sp³-hybridized carbons (Fsp3) is 0.500. The monoisotopic (exact) mass is 461 g/mol. The van der Waals surface area contributed by atoms with E-state index in [1.54, 1.807) is 6.07 Å². The summed E-state index contributed by atoms with van der Waals surface area (Å²) in [5.74, 6) is 0. The highest BCUT2D eigenvalue weighted by Crippen LogP contribution is 2.53. The largest absolute Gasteiger partial charge is 0.432 e. The molecule has 10 heteroatoms. The SMILES string of the molecule is CCCc1cc(C(OCc2ccccc2)(C(F)(F)F)C(F)(F)F)ncc1N1CCNCC1. The highest BCUT2D eigenvalue weighted by Gasteiger charge is 2.74. The number of nitrogens with one attached hydrogen (secondary N) is 1. The molecule has 0 unspecified atom stereocenters. The molecule has 0 atom stereocenters. The lowest BCUT2D eigenvalue weighted by Crippen LogP contribution is -2.56. The molecular formula is C22H25F6N3O. The normalized spacial score (nSPS) is 15.8. The Kier molecular flexibility index (Phi) is 7.34. The Morgan fingerprint density at radius 3 is 2.19 bits per heavy atom. The van der Waals surface area contributed by atoms with Crippen molar-refractivity contribution in [3.05, 3.63) is 59.4 Å². The number of nitrogens with zero attached hydrogens (tertiary/aromatic N) is 2. The predicted molar refractivity (Wildman–Crippen MR) is 108 cm³/mol. The molecule has 2 heterocycles. The van der Waals surface area contributed by atoms with Crippen LogP contribution in [0.3, 0.4) is 0 Å². The summed E-state index contributed by atoms with van der Waals surface area (Å²) in [7, 11) is 0. The average molecular weight is 461 g/mol. The maximum Gasteiger partial charge on any atom is 0.432 e. The van der Waals surface area contributed by atoms with E-state index in [2.05, 4.69) is 10.3 Å². The summed E-state index contributed by atoms with van der Waals surface area (Å²) >= 11 is 0. The molecule has 0 radical (unpaired) electrons. The molecule has 1 aromatic heterocycles. The van der Waals surface area contributed by atoms with E-state index in [1.807, 2.05) is 11.8 Å². The van der Waals surface area contributed by atoms with E-state index in [0.29, 0.717) is 50.3 Å². The van der Waals surface area contributed by atoms with Crippen molar-refractivity contribution >= 4 is 5.69 Å². The van der Waals surface area contributed by atoms with Crippen LogP contribution in [-0.2, 0) is 23.4 Å². The van der Waals surface area contributed by atoms with E-state index in [4.69, 9.17) is 4.74 Å². The molecule has 0 bridgehead atoms. The molecule has 1 aromatic carbocycles. The number of hydrogen-bond donors (Lipinski definition) is 1. The van der Waals surface area contributed by atoms with Gasteiger partial charge in [-0.25, -0.2) is 0 Å². The Bertz CT molecular complexity index is 865. The number of benzene rings is 1. The van der Waals surface area contributed by atoms with Gasteiger partial charge in [-0.1, -0.05) is 43.7 Å². The molecule has 176 valence electrons. The molecule has 1 aliphatic rings. The van der Waals surface area contributed by atoms with Crippen LogP contribution in [0.25, 0.3) is 0 Å². The number of alkyl halides is 6. The summed E-state index contributed by atoms with van der Waals surface area (Å²) in [5.41, 5.74) is -4.60. The third kappa shape index (κ3) is 4.85. The van der Waals surface area contributed by atoms with Crippen molar-refractivity contribution in [3.63, 3.8) is 0 Å². The first kappa shape index (κ1) is 24.3. The summed E-state index contributed by atoms with van der Waals surface area (Å²) in [6, 6.07) is 8.36. The Morgan fingerprint density at radius 2 is 1.62 bits per heavy atom. The zero-order valence-electron chi connectivity index (χ0n) is 17.6. The fourth-order valence-corrected chi connectivity index (χ4v) is 3.80. The second-order valence-electron chi connectivity index (χ2n) is 7.64. The standard InChI is InChI=1S/C22H25F6N3O/c1-2-6-17-13-19(30-14-18(17)31-11-9-29-10-12-31)20(21(23,24)25,22(26,27)28)32-15-16-7-4-3-5-8-16/h3-5,7-8,13-14,29H,2,6,9-12,15H2,1H3. The molecular weight excluding hydrogens is 436 g/mol. The first-order chi connectivity index (χ1) is 15.1. The number of halogens is 6. The molecule has 1 aliphatic heterocycles. The maximum atomic E-state index is 14.1. The number of ether oxygens (including phenoxy) is 1. The van der Waals surface area contributed by atoms with Gasteiger partial charge >= 0.3 is 18.0 Å². The number of rotatable bonds is 7. The lowest BCUT2D eigenvalue weighted by molar-refractivity contribution is -0.394. The van der Waals surface area contributed by atoms with Crippen molar-refractivity contribution in [2.45, 2.75) is 44.3 Å². The maximum absolute atomic E-state index is 14.1. The van der Waals surface area contributed by atoms with Gasteiger partial charge in [0.1, 0.15) is 0 Å². The van der Waals surface area contributed by atoms with E-state index in [0.717, 1.165) is 12.3 Å². The zero-order valence-corrected chi connectivity index (χ0v) is 17.6. The predicted octanol–water partition coefficient (Wildman–Crippen LogP) is 4.98. The molecule has 1 N–H and O–H groups in total. The van der Waals surface area contributed by atoms with Gasteiger partial charge < -0.3 is 15.0 Å². The molecule has 32 heavy (non-hydrogen) atoms. The second-order valence-corrected chi connectivity index (χ2v) is 7.64. The summed E-state index contributed by atoms with van der Waals surface area (Å²) in [6.07, 6.45) is -9.55. The lowest BCUT2D eigenvalue weighted by Gasteiger charge is -2.37. The van der Waals surface area contributed by atoms with Crippen molar-refractivity contribution in [2.75, 3.05) is 31.1 Å². The first-order valence-corrected chi connectivity index (χ1v) is 10.4. The third-order valence-corrected chi connectivity index (χ3v) is 5.40. The van der Waals surface area contributed by atoms with Crippen LogP contribution in [0.5, 0.6) is 0 Å². The fourth-order valence-electron chi connectivity index (χ4n) is 3.80. The Labute approximate surface area is 182 Å². The highest BCUT2D eigenvalue weighted by molar-refractivity contribution is 5.54. The zero-order chi connectivity index (χ0) is 23.4. The van der Waals surface area contributed by atoms with Crippen LogP contribution in [0.1, 0.15) is 30.2 Å². The van der Waals surface area contributed by atoms with E-state index >= 15 is 0 Å². The molecule has 0 saturated carbocycles. The lowest BCUT2D eigenvalue weighted by atomic mass is 9.94. The van der Waals surface area contributed by atoms with Gasteiger partial charge in [-0.15, -0.1) is 0 Å². The van der Waals surface area contributed by atoms with Crippen LogP contribution in [0, 0.1) is 0 Å². The van der Waals surface area contributed by atoms with Crippen molar-refractivity contribution in [1.82, 2.24) is 10.3 Å². The van der Waals surface area contributed by atoms with Gasteiger partial charge in [-0.05, 0) is 23.6 Å². The van der Waals surface area contributed by atoms with Gasteiger partial charge in [0.15, 0.2) is 0 Å². The van der Waals surface area contributed by atoms with Crippen molar-refractivity contribution in [1.29, 1.82) is 0 Å². The Hall–Kier alpha value is -2.33. The second kappa shape index (κ2) is 9.66.